The monoisotopic (exact) mass is 362 g/mol. The third-order valence-corrected chi connectivity index (χ3v) is 4.43. The molecule has 134 valence electrons. The van der Waals surface area contributed by atoms with E-state index >= 15 is 0 Å². The van der Waals surface area contributed by atoms with Crippen molar-refractivity contribution in [3.05, 3.63) is 83.4 Å². The molecule has 27 heavy (non-hydrogen) atoms. The van der Waals surface area contributed by atoms with Gasteiger partial charge in [-0.15, -0.1) is 0 Å². The van der Waals surface area contributed by atoms with Gasteiger partial charge in [0.2, 0.25) is 0 Å². The van der Waals surface area contributed by atoms with E-state index in [1.807, 2.05) is 36.4 Å². The summed E-state index contributed by atoms with van der Waals surface area (Å²) in [4.78, 5) is 24.5. The van der Waals surface area contributed by atoms with Crippen LogP contribution in [0.15, 0.2) is 65.1 Å². The SMILES string of the molecule is Cc1c(C(=O)NNC(=O)c2ccc(F)cc2)oc2c1ccc1ccccc12. The standard InChI is InChI=1S/C21H15FN2O3/c1-12-16-11-8-13-4-2-3-5-17(13)19(16)27-18(12)21(26)24-23-20(25)14-6-9-15(22)10-7-14/h2-11H,1H3,(H,23,25)(H,24,26). The van der Waals surface area contributed by atoms with Crippen molar-refractivity contribution in [2.45, 2.75) is 6.92 Å². The van der Waals surface area contributed by atoms with Crippen LogP contribution in [-0.2, 0) is 0 Å². The number of hydrogen-bond donors (Lipinski definition) is 2. The molecule has 0 radical (unpaired) electrons. The lowest BCUT2D eigenvalue weighted by molar-refractivity contribution is 0.0831. The van der Waals surface area contributed by atoms with Crippen molar-refractivity contribution in [1.82, 2.24) is 10.9 Å². The molecule has 3 aromatic carbocycles. The fourth-order valence-electron chi connectivity index (χ4n) is 3.01. The lowest BCUT2D eigenvalue weighted by atomic mass is 10.1. The summed E-state index contributed by atoms with van der Waals surface area (Å²) in [5.41, 5.74) is 6.18. The van der Waals surface area contributed by atoms with E-state index in [4.69, 9.17) is 4.42 Å². The molecular formula is C21H15FN2O3. The average molecular weight is 362 g/mol. The van der Waals surface area contributed by atoms with Gasteiger partial charge in [0, 0.05) is 21.9 Å². The predicted octanol–water partition coefficient (Wildman–Crippen LogP) is 4.11. The molecule has 0 spiro atoms. The Hall–Kier alpha value is -3.67. The predicted molar refractivity (Wildman–Crippen MR) is 99.8 cm³/mol. The lowest BCUT2D eigenvalue weighted by Gasteiger charge is -2.06. The minimum Gasteiger partial charge on any atom is -0.450 e. The Morgan fingerprint density at radius 3 is 2.33 bits per heavy atom. The molecule has 4 rings (SSSR count). The number of furan rings is 1. The van der Waals surface area contributed by atoms with Crippen molar-refractivity contribution in [1.29, 1.82) is 0 Å². The number of hydrogen-bond acceptors (Lipinski definition) is 3. The zero-order chi connectivity index (χ0) is 19.0. The van der Waals surface area contributed by atoms with Crippen molar-refractivity contribution in [2.24, 2.45) is 0 Å². The van der Waals surface area contributed by atoms with Gasteiger partial charge in [-0.05, 0) is 36.6 Å². The van der Waals surface area contributed by atoms with Gasteiger partial charge in [-0.2, -0.15) is 0 Å². The van der Waals surface area contributed by atoms with E-state index in [2.05, 4.69) is 10.9 Å². The number of benzene rings is 3. The first kappa shape index (κ1) is 16.8. The number of amides is 2. The number of carbonyl (C=O) groups is 2. The summed E-state index contributed by atoms with van der Waals surface area (Å²) in [6, 6.07) is 16.6. The maximum absolute atomic E-state index is 12.9. The van der Waals surface area contributed by atoms with Crippen LogP contribution in [0.25, 0.3) is 21.7 Å². The molecule has 0 bridgehead atoms. The number of halogens is 1. The van der Waals surface area contributed by atoms with Crippen LogP contribution in [0, 0.1) is 12.7 Å². The second kappa shape index (κ2) is 6.57. The van der Waals surface area contributed by atoms with Gasteiger partial charge >= 0.3 is 5.91 Å². The third-order valence-electron chi connectivity index (χ3n) is 4.43. The molecule has 2 N–H and O–H groups in total. The molecule has 0 aliphatic heterocycles. The van der Waals surface area contributed by atoms with Crippen LogP contribution in [0.1, 0.15) is 26.5 Å². The first-order valence-electron chi connectivity index (χ1n) is 8.31. The maximum atomic E-state index is 12.9. The molecular weight excluding hydrogens is 347 g/mol. The van der Waals surface area contributed by atoms with Crippen LogP contribution in [0.2, 0.25) is 0 Å². The highest BCUT2D eigenvalue weighted by Gasteiger charge is 2.19. The average Bonchev–Trinajstić information content (AvgIpc) is 3.03. The van der Waals surface area contributed by atoms with Gasteiger partial charge in [0.15, 0.2) is 5.76 Å². The third kappa shape index (κ3) is 3.01. The molecule has 0 saturated heterocycles. The van der Waals surface area contributed by atoms with E-state index < -0.39 is 17.6 Å². The Balaban J connectivity index is 1.59. The van der Waals surface area contributed by atoms with Gasteiger partial charge in [0.25, 0.3) is 5.91 Å². The summed E-state index contributed by atoms with van der Waals surface area (Å²) in [7, 11) is 0. The normalized spacial score (nSPS) is 10.9. The number of hydrazine groups is 1. The number of nitrogens with one attached hydrogen (secondary N) is 2. The molecule has 2 amide bonds. The molecule has 4 aromatic rings. The van der Waals surface area contributed by atoms with Gasteiger partial charge in [0.05, 0.1) is 0 Å². The highest BCUT2D eigenvalue weighted by atomic mass is 19.1. The van der Waals surface area contributed by atoms with Gasteiger partial charge in [0.1, 0.15) is 11.4 Å². The van der Waals surface area contributed by atoms with Crippen LogP contribution in [0.5, 0.6) is 0 Å². The second-order valence-corrected chi connectivity index (χ2v) is 6.13. The minimum absolute atomic E-state index is 0.126. The molecule has 5 nitrogen and oxygen atoms in total. The van der Waals surface area contributed by atoms with Crippen molar-refractivity contribution < 1.29 is 18.4 Å². The van der Waals surface area contributed by atoms with Crippen molar-refractivity contribution in [2.75, 3.05) is 0 Å². The highest BCUT2D eigenvalue weighted by Crippen LogP contribution is 2.31. The summed E-state index contributed by atoms with van der Waals surface area (Å²) in [5, 5.41) is 2.76. The zero-order valence-electron chi connectivity index (χ0n) is 14.4. The van der Waals surface area contributed by atoms with E-state index in [9.17, 15) is 14.0 Å². The largest absolute Gasteiger partial charge is 0.450 e. The number of carbonyl (C=O) groups excluding carboxylic acids is 2. The molecule has 6 heteroatoms. The molecule has 1 aromatic heterocycles. The Bertz CT molecular complexity index is 1180. The summed E-state index contributed by atoms with van der Waals surface area (Å²) < 4.78 is 18.7. The second-order valence-electron chi connectivity index (χ2n) is 6.13. The van der Waals surface area contributed by atoms with Crippen molar-refractivity contribution in [3.8, 4) is 0 Å². The molecule has 0 unspecified atom stereocenters. The van der Waals surface area contributed by atoms with Crippen molar-refractivity contribution >= 4 is 33.6 Å². The Morgan fingerprint density at radius 1 is 0.852 bits per heavy atom. The van der Waals surface area contributed by atoms with E-state index in [0.29, 0.717) is 11.1 Å². The van der Waals surface area contributed by atoms with Crippen LogP contribution < -0.4 is 10.9 Å². The maximum Gasteiger partial charge on any atom is 0.305 e. The first-order chi connectivity index (χ1) is 13.0. The molecule has 1 heterocycles. The highest BCUT2D eigenvalue weighted by molar-refractivity contribution is 6.09. The van der Waals surface area contributed by atoms with Crippen LogP contribution in [-0.4, -0.2) is 11.8 Å². The summed E-state index contributed by atoms with van der Waals surface area (Å²) >= 11 is 0. The van der Waals surface area contributed by atoms with E-state index in [1.54, 1.807) is 6.92 Å². The smallest absolute Gasteiger partial charge is 0.305 e. The molecule has 0 aliphatic carbocycles. The van der Waals surface area contributed by atoms with Crippen molar-refractivity contribution in [3.63, 3.8) is 0 Å². The van der Waals surface area contributed by atoms with E-state index in [0.717, 1.165) is 16.2 Å². The summed E-state index contributed by atoms with van der Waals surface area (Å²) in [5.74, 6) is -1.44. The van der Waals surface area contributed by atoms with Crippen LogP contribution in [0.3, 0.4) is 0 Å². The van der Waals surface area contributed by atoms with Gasteiger partial charge in [-0.3, -0.25) is 20.4 Å². The van der Waals surface area contributed by atoms with E-state index in [1.165, 1.54) is 24.3 Å². The van der Waals surface area contributed by atoms with Gasteiger partial charge in [-0.25, -0.2) is 4.39 Å². The lowest BCUT2D eigenvalue weighted by Crippen LogP contribution is -2.41. The fraction of sp³-hybridized carbons (Fsp3) is 0.0476. The van der Waals surface area contributed by atoms with E-state index in [-0.39, 0.29) is 11.3 Å². The number of aryl methyl sites for hydroxylation is 1. The quantitative estimate of drug-likeness (QED) is 0.527. The van der Waals surface area contributed by atoms with Crippen LogP contribution in [0.4, 0.5) is 4.39 Å². The fourth-order valence-corrected chi connectivity index (χ4v) is 3.01. The Kier molecular flexibility index (Phi) is 4.08. The zero-order valence-corrected chi connectivity index (χ0v) is 14.4. The Labute approximate surface area is 153 Å². The molecule has 0 aliphatic rings. The summed E-state index contributed by atoms with van der Waals surface area (Å²) in [6.07, 6.45) is 0. The molecule has 0 fully saturated rings. The van der Waals surface area contributed by atoms with Gasteiger partial charge in [-0.1, -0.05) is 36.4 Å². The van der Waals surface area contributed by atoms with Gasteiger partial charge < -0.3 is 4.42 Å². The molecule has 0 atom stereocenters. The number of rotatable bonds is 2. The Morgan fingerprint density at radius 2 is 1.56 bits per heavy atom. The minimum atomic E-state index is -0.566. The number of fused-ring (bicyclic) bond motifs is 3. The summed E-state index contributed by atoms with van der Waals surface area (Å²) in [6.45, 7) is 1.79. The van der Waals surface area contributed by atoms with Crippen LogP contribution >= 0.6 is 0 Å². The first-order valence-corrected chi connectivity index (χ1v) is 8.31. The topological polar surface area (TPSA) is 71.3 Å². The molecule has 0 saturated carbocycles.